The molecule has 3 aromatic carbocycles. The Hall–Kier alpha value is -2.85. The highest BCUT2D eigenvalue weighted by Crippen LogP contribution is 2.49. The van der Waals surface area contributed by atoms with Gasteiger partial charge < -0.3 is 5.11 Å². The van der Waals surface area contributed by atoms with E-state index in [1.165, 1.54) is 15.5 Å². The van der Waals surface area contributed by atoms with Gasteiger partial charge in [0.1, 0.15) is 0 Å². The van der Waals surface area contributed by atoms with Crippen LogP contribution in [0.5, 0.6) is 0 Å². The Morgan fingerprint density at radius 2 is 1.68 bits per heavy atom. The monoisotopic (exact) mass is 343 g/mol. The zero-order chi connectivity index (χ0) is 17.0. The van der Waals surface area contributed by atoms with Gasteiger partial charge in [-0.3, -0.25) is 0 Å². The highest BCUT2D eigenvalue weighted by Gasteiger charge is 2.32. The van der Waals surface area contributed by atoms with E-state index in [1.54, 1.807) is 11.3 Å². The van der Waals surface area contributed by atoms with Gasteiger partial charge >= 0.3 is 0 Å². The Bertz CT molecular complexity index is 1190. The van der Waals surface area contributed by atoms with E-state index in [4.69, 9.17) is 5.53 Å². The van der Waals surface area contributed by atoms with Crippen LogP contribution in [0, 0.1) is 0 Å². The van der Waals surface area contributed by atoms with Crippen molar-refractivity contribution in [3.8, 4) is 11.1 Å². The van der Waals surface area contributed by atoms with Gasteiger partial charge in [-0.05, 0) is 46.0 Å². The first-order valence-corrected chi connectivity index (χ1v) is 8.86. The summed E-state index contributed by atoms with van der Waals surface area (Å²) < 4.78 is 2.37. The number of aliphatic hydroxyl groups is 1. The molecule has 5 heteroatoms. The van der Waals surface area contributed by atoms with Gasteiger partial charge in [0.25, 0.3) is 0 Å². The van der Waals surface area contributed by atoms with E-state index in [0.717, 1.165) is 27.0 Å². The molecule has 1 N–H and O–H groups in total. The summed E-state index contributed by atoms with van der Waals surface area (Å²) in [7, 11) is 0. The Kier molecular flexibility index (Phi) is 3.09. The molecule has 0 unspecified atom stereocenters. The predicted octanol–water partition coefficient (Wildman–Crippen LogP) is 6.12. The van der Waals surface area contributed by atoms with Crippen LogP contribution >= 0.6 is 11.3 Å². The standard InChI is InChI=1S/C20H13N3OS/c21-23-22-19-16-10-18-15(12-6-3-4-8-17(12)25-18)9-14(16)11-5-1-2-7-13(11)20(19)24/h1-10,19-20,24H/t19-,20-/m1/s1. The number of aliphatic hydroxyl groups excluding tert-OH is 1. The number of nitrogens with zero attached hydrogens (tertiary/aromatic N) is 3. The van der Waals surface area contributed by atoms with Crippen molar-refractivity contribution in [2.24, 2.45) is 5.11 Å². The van der Waals surface area contributed by atoms with E-state index >= 15 is 0 Å². The van der Waals surface area contributed by atoms with Gasteiger partial charge in [-0.15, -0.1) is 11.3 Å². The molecule has 5 rings (SSSR count). The van der Waals surface area contributed by atoms with Crippen LogP contribution in [0.2, 0.25) is 0 Å². The van der Waals surface area contributed by atoms with Gasteiger partial charge in [0.2, 0.25) is 0 Å². The van der Waals surface area contributed by atoms with Crippen molar-refractivity contribution in [3.63, 3.8) is 0 Å². The fourth-order valence-electron chi connectivity index (χ4n) is 3.79. The summed E-state index contributed by atoms with van der Waals surface area (Å²) in [6.07, 6.45) is -0.827. The molecule has 2 atom stereocenters. The SMILES string of the molecule is [N-]=[N+]=N[C@@H]1c2cc3sc4ccccc4c3cc2-c2ccccc2[C@H]1O. The molecule has 0 radical (unpaired) electrons. The fourth-order valence-corrected chi connectivity index (χ4v) is 4.92. The molecule has 0 saturated heterocycles. The van der Waals surface area contributed by atoms with Gasteiger partial charge in [-0.1, -0.05) is 47.6 Å². The second-order valence-corrected chi connectivity index (χ2v) is 7.30. The maximum atomic E-state index is 10.7. The topological polar surface area (TPSA) is 69.0 Å². The maximum Gasteiger partial charge on any atom is 0.0933 e. The van der Waals surface area contributed by atoms with Gasteiger partial charge in [-0.2, -0.15) is 0 Å². The summed E-state index contributed by atoms with van der Waals surface area (Å²) in [6.45, 7) is 0. The van der Waals surface area contributed by atoms with Crippen molar-refractivity contribution >= 4 is 31.5 Å². The molecular weight excluding hydrogens is 330 g/mol. The second kappa shape index (κ2) is 5.33. The fraction of sp³-hybridized carbons (Fsp3) is 0.100. The van der Waals surface area contributed by atoms with Gasteiger partial charge in [0.15, 0.2) is 0 Å². The molecule has 1 heterocycles. The van der Waals surface area contributed by atoms with Crippen molar-refractivity contribution in [2.75, 3.05) is 0 Å². The minimum Gasteiger partial charge on any atom is -0.388 e. The lowest BCUT2D eigenvalue weighted by Crippen LogP contribution is -2.15. The predicted molar refractivity (Wildman–Crippen MR) is 102 cm³/mol. The average molecular weight is 343 g/mol. The summed E-state index contributed by atoms with van der Waals surface area (Å²) in [5, 5.41) is 17.1. The van der Waals surface area contributed by atoms with Gasteiger partial charge in [-0.25, -0.2) is 0 Å². The van der Waals surface area contributed by atoms with Crippen molar-refractivity contribution < 1.29 is 5.11 Å². The summed E-state index contributed by atoms with van der Waals surface area (Å²) in [6, 6.07) is 19.8. The molecule has 4 nitrogen and oxygen atoms in total. The molecule has 1 aliphatic carbocycles. The van der Waals surface area contributed by atoms with Crippen LogP contribution in [0.25, 0.3) is 41.7 Å². The Morgan fingerprint density at radius 3 is 2.56 bits per heavy atom. The van der Waals surface area contributed by atoms with Crippen molar-refractivity contribution in [1.29, 1.82) is 0 Å². The zero-order valence-corrected chi connectivity index (χ0v) is 13.9. The largest absolute Gasteiger partial charge is 0.388 e. The maximum absolute atomic E-state index is 10.7. The molecule has 4 aromatic rings. The number of hydrogen-bond acceptors (Lipinski definition) is 3. The highest BCUT2D eigenvalue weighted by molar-refractivity contribution is 7.25. The molecule has 25 heavy (non-hydrogen) atoms. The first-order valence-electron chi connectivity index (χ1n) is 8.04. The molecule has 0 fully saturated rings. The molecule has 1 aromatic heterocycles. The van der Waals surface area contributed by atoms with Crippen LogP contribution in [0.3, 0.4) is 0 Å². The van der Waals surface area contributed by atoms with E-state index in [-0.39, 0.29) is 0 Å². The lowest BCUT2D eigenvalue weighted by molar-refractivity contribution is 0.145. The van der Waals surface area contributed by atoms with E-state index in [1.807, 2.05) is 30.3 Å². The van der Waals surface area contributed by atoms with E-state index in [9.17, 15) is 5.11 Å². The summed E-state index contributed by atoms with van der Waals surface area (Å²) >= 11 is 1.72. The Morgan fingerprint density at radius 1 is 0.880 bits per heavy atom. The van der Waals surface area contributed by atoms with Gasteiger partial charge in [0.05, 0.1) is 12.1 Å². The first kappa shape index (κ1) is 14.5. The van der Waals surface area contributed by atoms with E-state index in [0.29, 0.717) is 0 Å². The van der Waals surface area contributed by atoms with Crippen molar-refractivity contribution in [3.05, 3.63) is 82.2 Å². The highest BCUT2D eigenvalue weighted by atomic mass is 32.1. The summed E-state index contributed by atoms with van der Waals surface area (Å²) in [5.41, 5.74) is 12.7. The van der Waals surface area contributed by atoms with Gasteiger partial charge in [0, 0.05) is 25.1 Å². The minimum absolute atomic E-state index is 0.607. The number of fused-ring (bicyclic) bond motifs is 6. The number of benzene rings is 3. The third-order valence-corrected chi connectivity index (χ3v) is 6.05. The normalized spacial score (nSPS) is 18.6. The smallest absolute Gasteiger partial charge is 0.0933 e. The van der Waals surface area contributed by atoms with Crippen LogP contribution in [0.4, 0.5) is 0 Å². The molecule has 0 amide bonds. The number of azide groups is 1. The molecule has 0 aliphatic heterocycles. The van der Waals surface area contributed by atoms with E-state index < -0.39 is 12.1 Å². The zero-order valence-electron chi connectivity index (χ0n) is 13.1. The first-order chi connectivity index (χ1) is 12.3. The van der Waals surface area contributed by atoms with Crippen molar-refractivity contribution in [1.82, 2.24) is 0 Å². The third kappa shape index (κ3) is 2.01. The second-order valence-electron chi connectivity index (χ2n) is 6.22. The van der Waals surface area contributed by atoms with Crippen LogP contribution < -0.4 is 0 Å². The van der Waals surface area contributed by atoms with Crippen LogP contribution in [0.1, 0.15) is 23.3 Å². The molecule has 0 spiro atoms. The third-order valence-electron chi connectivity index (χ3n) is 4.91. The van der Waals surface area contributed by atoms with Crippen molar-refractivity contribution in [2.45, 2.75) is 12.1 Å². The Balaban J connectivity index is 1.91. The number of hydrogen-bond donors (Lipinski definition) is 1. The lowest BCUT2D eigenvalue weighted by Gasteiger charge is -2.29. The van der Waals surface area contributed by atoms with Crippen LogP contribution in [0.15, 0.2) is 65.8 Å². The molecule has 0 bridgehead atoms. The number of thiophene rings is 1. The Labute approximate surface area is 147 Å². The summed E-state index contributed by atoms with van der Waals surface area (Å²) in [4.78, 5) is 2.97. The molecule has 1 aliphatic rings. The molecule has 0 saturated carbocycles. The molecule has 120 valence electrons. The minimum atomic E-state index is -0.827. The molecular formula is C20H13N3OS. The van der Waals surface area contributed by atoms with Crippen LogP contribution in [-0.2, 0) is 0 Å². The van der Waals surface area contributed by atoms with Crippen LogP contribution in [-0.4, -0.2) is 5.11 Å². The lowest BCUT2D eigenvalue weighted by atomic mass is 9.80. The van der Waals surface area contributed by atoms with E-state index in [2.05, 4.69) is 40.4 Å². The quantitative estimate of drug-likeness (QED) is 0.252. The summed E-state index contributed by atoms with van der Waals surface area (Å²) in [5.74, 6) is 0. The number of rotatable bonds is 1. The average Bonchev–Trinajstić information content (AvgIpc) is 3.01.